The molecule has 1 aliphatic heterocycles. The second-order valence-corrected chi connectivity index (χ2v) is 9.35. The van der Waals surface area contributed by atoms with E-state index in [9.17, 15) is 18.3 Å². The number of halogens is 1. The van der Waals surface area contributed by atoms with Crippen LogP contribution in [0.2, 0.25) is 5.02 Å². The van der Waals surface area contributed by atoms with E-state index in [0.29, 0.717) is 16.3 Å². The number of rotatable bonds is 5. The van der Waals surface area contributed by atoms with Gasteiger partial charge in [0.15, 0.2) is 5.76 Å². The number of aliphatic hydroxyl groups is 1. The number of benzene rings is 2. The molecule has 1 aliphatic rings. The zero-order chi connectivity index (χ0) is 21.5. The largest absolute Gasteiger partial charge is 0.502 e. The maximum absolute atomic E-state index is 13.5. The van der Waals surface area contributed by atoms with Crippen molar-refractivity contribution in [1.82, 2.24) is 4.90 Å². The van der Waals surface area contributed by atoms with Crippen molar-refractivity contribution in [1.29, 1.82) is 0 Å². The molecule has 1 aromatic heterocycles. The van der Waals surface area contributed by atoms with Crippen molar-refractivity contribution in [2.75, 3.05) is 0 Å². The van der Waals surface area contributed by atoms with Gasteiger partial charge >= 0.3 is 0 Å². The minimum atomic E-state index is -4.15. The summed E-state index contributed by atoms with van der Waals surface area (Å²) in [4.78, 5) is 13.8. The number of nitrogens with zero attached hydrogens (tertiary/aromatic N) is 1. The summed E-state index contributed by atoms with van der Waals surface area (Å²) >= 11 is 5.99. The van der Waals surface area contributed by atoms with Crippen LogP contribution in [-0.2, 0) is 21.2 Å². The molecule has 0 radical (unpaired) electrons. The Morgan fingerprint density at radius 1 is 1.07 bits per heavy atom. The van der Waals surface area contributed by atoms with E-state index >= 15 is 0 Å². The van der Waals surface area contributed by atoms with Crippen LogP contribution in [-0.4, -0.2) is 24.3 Å². The van der Waals surface area contributed by atoms with Crippen molar-refractivity contribution in [3.05, 3.63) is 99.5 Å². The number of hydrogen-bond acceptors (Lipinski definition) is 5. The third kappa shape index (κ3) is 3.51. The number of amides is 1. The van der Waals surface area contributed by atoms with E-state index in [0.717, 1.165) is 5.56 Å². The average molecular weight is 444 g/mol. The van der Waals surface area contributed by atoms with Gasteiger partial charge in [0.1, 0.15) is 10.7 Å². The van der Waals surface area contributed by atoms with Gasteiger partial charge in [-0.3, -0.25) is 4.79 Å². The fraction of sp³-hybridized carbons (Fsp3) is 0.136. The van der Waals surface area contributed by atoms with Gasteiger partial charge in [0.05, 0.1) is 23.7 Å². The molecule has 3 aromatic rings. The molecule has 1 N–H and O–H groups in total. The molecular weight excluding hydrogens is 426 g/mol. The minimum absolute atomic E-state index is 0.00117. The number of aliphatic hydroxyl groups excluding tert-OH is 1. The molecule has 0 fully saturated rings. The average Bonchev–Trinajstić information content (AvgIpc) is 3.31. The predicted octanol–water partition coefficient (Wildman–Crippen LogP) is 4.57. The molecule has 1 unspecified atom stereocenters. The molecule has 4 rings (SSSR count). The summed E-state index contributed by atoms with van der Waals surface area (Å²) in [5.41, 5.74) is 1.40. The lowest BCUT2D eigenvalue weighted by Crippen LogP contribution is -2.30. The monoisotopic (exact) mass is 443 g/mol. The van der Waals surface area contributed by atoms with Gasteiger partial charge in [-0.1, -0.05) is 41.4 Å². The normalized spacial score (nSPS) is 17.1. The van der Waals surface area contributed by atoms with Gasteiger partial charge in [0, 0.05) is 5.02 Å². The van der Waals surface area contributed by atoms with Crippen LogP contribution in [0.25, 0.3) is 0 Å². The van der Waals surface area contributed by atoms with Crippen LogP contribution in [0.1, 0.15) is 22.9 Å². The quantitative estimate of drug-likeness (QED) is 0.624. The number of aryl methyl sites for hydroxylation is 1. The number of sulfone groups is 1. The number of carbonyl (C=O) groups excluding carboxylic acids is 1. The summed E-state index contributed by atoms with van der Waals surface area (Å²) in [7, 11) is -4.15. The highest BCUT2D eigenvalue weighted by Crippen LogP contribution is 2.43. The maximum Gasteiger partial charge on any atom is 0.291 e. The summed E-state index contributed by atoms with van der Waals surface area (Å²) in [5.74, 6) is -1.11. The van der Waals surface area contributed by atoms with Gasteiger partial charge in [-0.2, -0.15) is 0 Å². The molecule has 30 heavy (non-hydrogen) atoms. The lowest BCUT2D eigenvalue weighted by molar-refractivity contribution is -0.130. The third-order valence-corrected chi connectivity index (χ3v) is 7.11. The van der Waals surface area contributed by atoms with E-state index in [1.54, 1.807) is 48.5 Å². The van der Waals surface area contributed by atoms with Gasteiger partial charge in [0.2, 0.25) is 9.84 Å². The lowest BCUT2D eigenvalue weighted by atomic mass is 10.1. The molecule has 1 amide bonds. The van der Waals surface area contributed by atoms with E-state index in [2.05, 4.69) is 0 Å². The van der Waals surface area contributed by atoms with Crippen LogP contribution in [0.4, 0.5) is 0 Å². The first kappa shape index (κ1) is 20.3. The van der Waals surface area contributed by atoms with Crippen molar-refractivity contribution >= 4 is 27.3 Å². The molecule has 2 aromatic carbocycles. The molecule has 8 heteroatoms. The molecule has 0 spiro atoms. The zero-order valence-electron chi connectivity index (χ0n) is 15.9. The van der Waals surface area contributed by atoms with Crippen LogP contribution in [0.15, 0.2) is 86.9 Å². The first-order valence-corrected chi connectivity index (χ1v) is 11.0. The number of carbonyl (C=O) groups is 1. The Labute approximate surface area is 178 Å². The first-order chi connectivity index (χ1) is 14.3. The Morgan fingerprint density at radius 3 is 2.33 bits per heavy atom. The van der Waals surface area contributed by atoms with E-state index in [-0.39, 0.29) is 16.3 Å². The van der Waals surface area contributed by atoms with Gasteiger partial charge in [-0.25, -0.2) is 8.42 Å². The predicted molar refractivity (Wildman–Crippen MR) is 111 cm³/mol. The number of furan rings is 1. The van der Waals surface area contributed by atoms with Crippen LogP contribution in [0, 0.1) is 6.92 Å². The lowest BCUT2D eigenvalue weighted by Gasteiger charge is -2.26. The molecule has 0 aliphatic carbocycles. The summed E-state index contributed by atoms with van der Waals surface area (Å²) in [5, 5.41) is 11.1. The highest BCUT2D eigenvalue weighted by Gasteiger charge is 2.47. The highest BCUT2D eigenvalue weighted by molar-refractivity contribution is 7.95. The SMILES string of the molecule is Cc1ccc(S(=O)(=O)C2=C(O)C(=O)N(Cc3ccco3)C2c2ccc(Cl)cc2)cc1. The molecule has 0 bridgehead atoms. The number of hydrogen-bond donors (Lipinski definition) is 1. The van der Waals surface area contributed by atoms with Crippen molar-refractivity contribution in [2.45, 2.75) is 24.4 Å². The molecule has 6 nitrogen and oxygen atoms in total. The molecule has 0 saturated carbocycles. The smallest absolute Gasteiger partial charge is 0.291 e. The van der Waals surface area contributed by atoms with Crippen LogP contribution < -0.4 is 0 Å². The molecule has 1 atom stereocenters. The topological polar surface area (TPSA) is 87.8 Å². The van der Waals surface area contributed by atoms with Gasteiger partial charge in [-0.05, 0) is 48.9 Å². The summed E-state index contributed by atoms with van der Waals surface area (Å²) < 4.78 is 32.2. The molecule has 0 saturated heterocycles. The fourth-order valence-corrected chi connectivity index (χ4v) is 5.23. The zero-order valence-corrected chi connectivity index (χ0v) is 17.5. The Balaban J connectivity index is 1.86. The van der Waals surface area contributed by atoms with E-state index in [1.165, 1.54) is 23.3 Å². The fourth-order valence-electron chi connectivity index (χ4n) is 3.46. The highest BCUT2D eigenvalue weighted by atomic mass is 35.5. The second kappa shape index (κ2) is 7.66. The molecule has 154 valence electrons. The van der Waals surface area contributed by atoms with Crippen LogP contribution in [0.5, 0.6) is 0 Å². The Morgan fingerprint density at radius 2 is 1.73 bits per heavy atom. The van der Waals surface area contributed by atoms with Crippen molar-refractivity contribution in [3.63, 3.8) is 0 Å². The molecular formula is C22H18ClNO5S. The van der Waals surface area contributed by atoms with Gasteiger partial charge in [-0.15, -0.1) is 0 Å². The Hall–Kier alpha value is -3.03. The van der Waals surface area contributed by atoms with Crippen molar-refractivity contribution < 1.29 is 22.7 Å². The molecule has 2 heterocycles. The van der Waals surface area contributed by atoms with E-state index < -0.39 is 27.5 Å². The van der Waals surface area contributed by atoms with Gasteiger partial charge < -0.3 is 14.4 Å². The summed E-state index contributed by atoms with van der Waals surface area (Å²) in [6.07, 6.45) is 1.46. The summed E-state index contributed by atoms with van der Waals surface area (Å²) in [6.45, 7) is 1.84. The first-order valence-electron chi connectivity index (χ1n) is 9.13. The summed E-state index contributed by atoms with van der Waals surface area (Å²) in [6, 6.07) is 15.1. The van der Waals surface area contributed by atoms with E-state index in [1.807, 2.05) is 6.92 Å². The van der Waals surface area contributed by atoms with Gasteiger partial charge in [0.25, 0.3) is 5.91 Å². The second-order valence-electron chi connectivity index (χ2n) is 7.00. The minimum Gasteiger partial charge on any atom is -0.502 e. The maximum atomic E-state index is 13.5. The van der Waals surface area contributed by atoms with E-state index in [4.69, 9.17) is 16.0 Å². The third-order valence-electron chi connectivity index (χ3n) is 4.97. The van der Waals surface area contributed by atoms with Crippen LogP contribution in [0.3, 0.4) is 0 Å². The van der Waals surface area contributed by atoms with Crippen LogP contribution >= 0.6 is 11.6 Å². The van der Waals surface area contributed by atoms with Crippen molar-refractivity contribution in [3.8, 4) is 0 Å². The Kier molecular flexibility index (Phi) is 5.17. The standard InChI is InChI=1S/C22H18ClNO5S/c1-14-4-10-18(11-5-14)30(27,28)21-19(15-6-8-16(23)9-7-15)24(22(26)20(21)25)13-17-3-2-12-29-17/h2-12,19,25H,13H2,1H3. The Bertz CT molecular complexity index is 1210. The van der Waals surface area contributed by atoms with Crippen molar-refractivity contribution in [2.24, 2.45) is 0 Å².